The van der Waals surface area contributed by atoms with Crippen LogP contribution in [0.4, 0.5) is 15.9 Å². The van der Waals surface area contributed by atoms with Crippen molar-refractivity contribution in [3.8, 4) is 0 Å². The number of hydrogen-bond donors (Lipinski definition) is 2. The summed E-state index contributed by atoms with van der Waals surface area (Å²) in [4.78, 5) is 22.6. The average molecular weight is 412 g/mol. The minimum absolute atomic E-state index is 0.0877. The molecule has 4 heterocycles. The van der Waals surface area contributed by atoms with Crippen molar-refractivity contribution in [2.45, 2.75) is 45.6 Å². The van der Waals surface area contributed by atoms with Crippen LogP contribution in [0.5, 0.6) is 0 Å². The van der Waals surface area contributed by atoms with Gasteiger partial charge in [-0.2, -0.15) is 5.10 Å². The van der Waals surface area contributed by atoms with Gasteiger partial charge in [-0.05, 0) is 57.2 Å². The molecule has 1 aliphatic heterocycles. The Labute approximate surface area is 173 Å². The Balaban J connectivity index is 1.67. The van der Waals surface area contributed by atoms with Gasteiger partial charge in [-0.25, -0.2) is 13.9 Å². The first-order chi connectivity index (χ1) is 14.3. The van der Waals surface area contributed by atoms with Gasteiger partial charge in [-0.1, -0.05) is 0 Å². The number of hydrogen-bond acceptors (Lipinski definition) is 6. The molecule has 8 nitrogen and oxygen atoms in total. The van der Waals surface area contributed by atoms with E-state index in [1.54, 1.807) is 24.6 Å². The van der Waals surface area contributed by atoms with E-state index in [9.17, 15) is 14.3 Å². The molecular formula is C21H25FN6O2. The first-order valence-corrected chi connectivity index (χ1v) is 10.0. The molecule has 1 aliphatic rings. The minimum atomic E-state index is -0.880. The number of fused-ring (bicyclic) bond motifs is 1. The number of rotatable bonds is 6. The summed E-state index contributed by atoms with van der Waals surface area (Å²) in [5.74, 6) is -0.510. The standard InChI is InChI=1S/C21H25FN6O2/c1-21(2,20(29)30)7-5-16-14(10-13(22)11-24-16)17-4-3-8-27(17)18-6-9-28-19(26-18)15(23)12-25-28/h6,9-12,17H,3-5,7-8,23H2,1-2H3,(H,29,30). The van der Waals surface area contributed by atoms with Crippen LogP contribution in [0.15, 0.2) is 30.7 Å². The van der Waals surface area contributed by atoms with E-state index in [1.165, 1.54) is 12.3 Å². The maximum Gasteiger partial charge on any atom is 0.309 e. The molecule has 1 unspecified atom stereocenters. The number of carbonyl (C=O) groups is 1. The molecule has 0 bridgehead atoms. The van der Waals surface area contributed by atoms with E-state index in [2.05, 4.69) is 20.0 Å². The average Bonchev–Trinajstić information content (AvgIpc) is 3.34. The lowest BCUT2D eigenvalue weighted by Crippen LogP contribution is -2.27. The highest BCUT2D eigenvalue weighted by atomic mass is 19.1. The second-order valence-electron chi connectivity index (χ2n) is 8.38. The van der Waals surface area contributed by atoms with Crippen LogP contribution in [-0.4, -0.2) is 37.2 Å². The fraction of sp³-hybridized carbons (Fsp3) is 0.429. The Morgan fingerprint density at radius 1 is 1.40 bits per heavy atom. The Kier molecular flexibility index (Phi) is 5.05. The van der Waals surface area contributed by atoms with E-state index in [1.807, 2.05) is 12.3 Å². The lowest BCUT2D eigenvalue weighted by molar-refractivity contribution is -0.147. The number of pyridine rings is 1. The molecule has 3 aromatic heterocycles. The molecule has 0 radical (unpaired) electrons. The van der Waals surface area contributed by atoms with E-state index >= 15 is 0 Å². The molecule has 0 aromatic carbocycles. The summed E-state index contributed by atoms with van der Waals surface area (Å²) in [5, 5.41) is 13.6. The number of aryl methyl sites for hydroxylation is 1. The number of anilines is 2. The van der Waals surface area contributed by atoms with Crippen molar-refractivity contribution >= 4 is 23.1 Å². The summed E-state index contributed by atoms with van der Waals surface area (Å²) >= 11 is 0. The van der Waals surface area contributed by atoms with Gasteiger partial charge in [-0.15, -0.1) is 0 Å². The van der Waals surface area contributed by atoms with Gasteiger partial charge >= 0.3 is 5.97 Å². The first-order valence-electron chi connectivity index (χ1n) is 10.0. The number of nitrogens with zero attached hydrogens (tertiary/aromatic N) is 5. The normalized spacial score (nSPS) is 17.0. The fourth-order valence-electron chi connectivity index (χ4n) is 3.92. The zero-order valence-corrected chi connectivity index (χ0v) is 17.0. The SMILES string of the molecule is CC(C)(CCc1ncc(F)cc1C1CCCN1c1ccn2ncc(N)c2n1)C(=O)O. The van der Waals surface area contributed by atoms with Gasteiger partial charge in [-0.3, -0.25) is 9.78 Å². The van der Waals surface area contributed by atoms with E-state index in [0.29, 0.717) is 24.2 Å². The second kappa shape index (κ2) is 7.55. The summed E-state index contributed by atoms with van der Waals surface area (Å²) in [6.07, 6.45) is 7.21. The zero-order chi connectivity index (χ0) is 21.5. The molecule has 0 saturated carbocycles. The zero-order valence-electron chi connectivity index (χ0n) is 17.0. The number of carboxylic acid groups (broad SMARTS) is 1. The predicted octanol–water partition coefficient (Wildman–Crippen LogP) is 3.23. The molecule has 1 atom stereocenters. The van der Waals surface area contributed by atoms with Crippen molar-refractivity contribution in [3.63, 3.8) is 0 Å². The summed E-state index contributed by atoms with van der Waals surface area (Å²) in [5.41, 5.74) is 7.68. The molecule has 30 heavy (non-hydrogen) atoms. The van der Waals surface area contributed by atoms with Crippen LogP contribution in [0, 0.1) is 11.2 Å². The molecule has 3 N–H and O–H groups in total. The van der Waals surface area contributed by atoms with Gasteiger partial charge in [0.2, 0.25) is 0 Å². The third-order valence-corrected chi connectivity index (χ3v) is 5.82. The summed E-state index contributed by atoms with van der Waals surface area (Å²) in [7, 11) is 0. The van der Waals surface area contributed by atoms with Crippen LogP contribution < -0.4 is 10.6 Å². The highest BCUT2D eigenvalue weighted by Gasteiger charge is 2.32. The van der Waals surface area contributed by atoms with Crippen molar-refractivity contribution in [2.24, 2.45) is 5.41 Å². The summed E-state index contributed by atoms with van der Waals surface area (Å²) < 4.78 is 15.8. The first kappa shape index (κ1) is 20.1. The van der Waals surface area contributed by atoms with Gasteiger partial charge in [0.15, 0.2) is 5.65 Å². The van der Waals surface area contributed by atoms with Crippen molar-refractivity contribution in [1.82, 2.24) is 19.6 Å². The third-order valence-electron chi connectivity index (χ3n) is 5.82. The molecule has 4 rings (SSSR count). The van der Waals surface area contributed by atoms with Gasteiger partial charge < -0.3 is 15.7 Å². The van der Waals surface area contributed by atoms with Crippen LogP contribution >= 0.6 is 0 Å². The van der Waals surface area contributed by atoms with Gasteiger partial charge in [0.25, 0.3) is 0 Å². The Morgan fingerprint density at radius 3 is 2.97 bits per heavy atom. The van der Waals surface area contributed by atoms with Crippen LogP contribution in [0.3, 0.4) is 0 Å². The fourth-order valence-corrected chi connectivity index (χ4v) is 3.92. The molecule has 1 fully saturated rings. The van der Waals surface area contributed by atoms with E-state index in [0.717, 1.165) is 36.5 Å². The number of carboxylic acids is 1. The van der Waals surface area contributed by atoms with Crippen LogP contribution in [-0.2, 0) is 11.2 Å². The van der Waals surface area contributed by atoms with Crippen molar-refractivity contribution in [3.05, 3.63) is 47.8 Å². The van der Waals surface area contributed by atoms with Gasteiger partial charge in [0, 0.05) is 18.4 Å². The highest BCUT2D eigenvalue weighted by molar-refractivity contribution is 5.73. The molecule has 0 spiro atoms. The Bertz CT molecular complexity index is 1100. The maximum atomic E-state index is 14.1. The largest absolute Gasteiger partial charge is 0.481 e. The third kappa shape index (κ3) is 3.67. The number of aliphatic carboxylic acids is 1. The maximum absolute atomic E-state index is 14.1. The lowest BCUT2D eigenvalue weighted by Gasteiger charge is -2.28. The summed E-state index contributed by atoms with van der Waals surface area (Å²) in [6, 6.07) is 3.30. The molecule has 3 aromatic rings. The Hall–Kier alpha value is -3.23. The number of aromatic nitrogens is 4. The monoisotopic (exact) mass is 412 g/mol. The van der Waals surface area contributed by atoms with Crippen molar-refractivity contribution in [1.29, 1.82) is 0 Å². The molecule has 1 saturated heterocycles. The summed E-state index contributed by atoms with van der Waals surface area (Å²) in [6.45, 7) is 4.16. The van der Waals surface area contributed by atoms with Gasteiger partial charge in [0.1, 0.15) is 11.6 Å². The number of halogens is 1. The van der Waals surface area contributed by atoms with Gasteiger partial charge in [0.05, 0.1) is 29.5 Å². The van der Waals surface area contributed by atoms with Crippen LogP contribution in [0.25, 0.3) is 5.65 Å². The quantitative estimate of drug-likeness (QED) is 0.640. The Morgan fingerprint density at radius 2 is 2.20 bits per heavy atom. The van der Waals surface area contributed by atoms with Crippen molar-refractivity contribution in [2.75, 3.05) is 17.2 Å². The topological polar surface area (TPSA) is 110 Å². The molecule has 9 heteroatoms. The van der Waals surface area contributed by atoms with Crippen LogP contribution in [0.2, 0.25) is 0 Å². The second-order valence-corrected chi connectivity index (χ2v) is 8.38. The number of nitrogen functional groups attached to an aromatic ring is 1. The minimum Gasteiger partial charge on any atom is -0.481 e. The number of nitrogens with two attached hydrogens (primary N) is 1. The van der Waals surface area contributed by atoms with E-state index < -0.39 is 17.2 Å². The highest BCUT2D eigenvalue weighted by Crippen LogP contribution is 2.38. The predicted molar refractivity (Wildman–Crippen MR) is 111 cm³/mol. The molecule has 158 valence electrons. The molecular weight excluding hydrogens is 387 g/mol. The lowest BCUT2D eigenvalue weighted by atomic mass is 9.86. The molecule has 0 aliphatic carbocycles. The van der Waals surface area contributed by atoms with E-state index in [-0.39, 0.29) is 6.04 Å². The molecule has 0 amide bonds. The van der Waals surface area contributed by atoms with Crippen LogP contribution in [0.1, 0.15) is 50.4 Å². The van der Waals surface area contributed by atoms with E-state index in [4.69, 9.17) is 5.73 Å². The smallest absolute Gasteiger partial charge is 0.309 e. The van der Waals surface area contributed by atoms with Crippen molar-refractivity contribution < 1.29 is 14.3 Å².